The molecule has 4 rings (SSSR count). The molecule has 0 aliphatic carbocycles. The van der Waals surface area contributed by atoms with Gasteiger partial charge in [0.1, 0.15) is 30.3 Å². The van der Waals surface area contributed by atoms with Gasteiger partial charge in [-0.15, -0.1) is 0 Å². The minimum absolute atomic E-state index is 0.0918. The van der Waals surface area contributed by atoms with Crippen LogP contribution >= 0.6 is 0 Å². The first kappa shape index (κ1) is 23.5. The van der Waals surface area contributed by atoms with Crippen LogP contribution in [0.5, 0.6) is 11.6 Å². The Morgan fingerprint density at radius 2 is 1.80 bits per heavy atom. The van der Waals surface area contributed by atoms with Crippen molar-refractivity contribution in [1.82, 2.24) is 15.8 Å². The Labute approximate surface area is 201 Å². The van der Waals surface area contributed by atoms with Crippen molar-refractivity contribution >= 4 is 28.4 Å². The summed E-state index contributed by atoms with van der Waals surface area (Å²) in [4.78, 5) is 28.1. The van der Waals surface area contributed by atoms with Crippen molar-refractivity contribution in [2.75, 3.05) is 19.8 Å². The van der Waals surface area contributed by atoms with E-state index in [2.05, 4.69) is 10.3 Å². The highest BCUT2D eigenvalue weighted by Crippen LogP contribution is 2.25. The van der Waals surface area contributed by atoms with Crippen molar-refractivity contribution in [3.05, 3.63) is 96.4 Å². The maximum atomic E-state index is 12.6. The zero-order valence-electron chi connectivity index (χ0n) is 18.6. The Kier molecular flexibility index (Phi) is 7.72. The maximum Gasteiger partial charge on any atom is 0.274 e. The molecule has 0 radical (unpaired) electrons. The van der Waals surface area contributed by atoms with E-state index in [-0.39, 0.29) is 25.7 Å². The second-order valence-corrected chi connectivity index (χ2v) is 7.38. The molecule has 2 aromatic carbocycles. The van der Waals surface area contributed by atoms with Crippen LogP contribution in [-0.2, 0) is 4.79 Å². The Balaban J connectivity index is 1.37. The van der Waals surface area contributed by atoms with Crippen LogP contribution in [0.15, 0.2) is 89.5 Å². The topological polar surface area (TPSA) is 123 Å². The number of pyridine rings is 1. The number of ether oxygens (including phenoxy) is 2. The van der Waals surface area contributed by atoms with Crippen LogP contribution in [0.3, 0.4) is 0 Å². The third-order valence-corrected chi connectivity index (χ3v) is 4.95. The molecule has 9 heteroatoms. The lowest BCUT2D eigenvalue weighted by atomic mass is 10.1. The molecule has 0 saturated heterocycles. The zero-order valence-corrected chi connectivity index (χ0v) is 18.6. The predicted octanol–water partition coefficient (Wildman–Crippen LogP) is 3.60. The molecule has 3 N–H and O–H groups in total. The third kappa shape index (κ3) is 6.46. The highest BCUT2D eigenvalue weighted by atomic mass is 16.5. The number of fused-ring (bicyclic) bond motifs is 1. The molecule has 0 bridgehead atoms. The molecule has 0 fully saturated rings. The van der Waals surface area contributed by atoms with Gasteiger partial charge in [0.15, 0.2) is 0 Å². The van der Waals surface area contributed by atoms with Crippen molar-refractivity contribution in [2.24, 2.45) is 0 Å². The summed E-state index contributed by atoms with van der Waals surface area (Å²) in [5, 5.41) is 12.3. The maximum absolute atomic E-state index is 12.6. The molecule has 35 heavy (non-hydrogen) atoms. The summed E-state index contributed by atoms with van der Waals surface area (Å²) in [7, 11) is 0. The van der Waals surface area contributed by atoms with Gasteiger partial charge in [-0.3, -0.25) is 14.8 Å². The van der Waals surface area contributed by atoms with Gasteiger partial charge in [-0.1, -0.05) is 24.3 Å². The molecule has 0 saturated carbocycles. The van der Waals surface area contributed by atoms with Gasteiger partial charge in [0.2, 0.25) is 11.8 Å². The van der Waals surface area contributed by atoms with Gasteiger partial charge in [-0.25, -0.2) is 10.5 Å². The Bertz CT molecular complexity index is 1280. The molecule has 4 aromatic rings. The van der Waals surface area contributed by atoms with Crippen LogP contribution < -0.4 is 20.3 Å². The molecule has 0 aliphatic rings. The summed E-state index contributed by atoms with van der Waals surface area (Å²) < 4.78 is 17.2. The van der Waals surface area contributed by atoms with Gasteiger partial charge < -0.3 is 19.2 Å². The van der Waals surface area contributed by atoms with Crippen molar-refractivity contribution < 1.29 is 28.7 Å². The second kappa shape index (κ2) is 11.5. The minimum atomic E-state index is -0.608. The predicted molar refractivity (Wildman–Crippen MR) is 128 cm³/mol. The molecule has 2 heterocycles. The lowest BCUT2D eigenvalue weighted by Crippen LogP contribution is -2.27. The summed E-state index contributed by atoms with van der Waals surface area (Å²) in [5.74, 6) is 0.550. The van der Waals surface area contributed by atoms with E-state index in [9.17, 15) is 9.59 Å². The zero-order chi connectivity index (χ0) is 24.5. The molecule has 178 valence electrons. The fourth-order valence-corrected chi connectivity index (χ4v) is 3.23. The number of hydrogen-bond donors (Lipinski definition) is 3. The summed E-state index contributed by atoms with van der Waals surface area (Å²) in [6, 6.07) is 21.0. The van der Waals surface area contributed by atoms with Gasteiger partial charge in [-0.2, -0.15) is 0 Å². The van der Waals surface area contributed by atoms with E-state index in [0.717, 1.165) is 5.39 Å². The average Bonchev–Trinajstić information content (AvgIpc) is 3.34. The number of carbonyl (C=O) groups excluding carboxylic acids is 2. The van der Waals surface area contributed by atoms with Crippen molar-refractivity contribution in [3.8, 4) is 11.6 Å². The summed E-state index contributed by atoms with van der Waals surface area (Å²) in [5.41, 5.74) is 3.13. The second-order valence-electron chi connectivity index (χ2n) is 7.38. The fraction of sp³-hybridized carbons (Fsp3) is 0.115. The van der Waals surface area contributed by atoms with Crippen LogP contribution in [0, 0.1) is 0 Å². The average molecular weight is 473 g/mol. The molecular weight excluding hydrogens is 450 g/mol. The number of rotatable bonds is 10. The monoisotopic (exact) mass is 473 g/mol. The van der Waals surface area contributed by atoms with Crippen LogP contribution in [0.1, 0.15) is 16.1 Å². The van der Waals surface area contributed by atoms with Crippen LogP contribution in [0.2, 0.25) is 0 Å². The fourth-order valence-electron chi connectivity index (χ4n) is 3.23. The van der Waals surface area contributed by atoms with Gasteiger partial charge in [0.25, 0.3) is 5.91 Å². The highest BCUT2D eigenvalue weighted by molar-refractivity contribution is 5.96. The van der Waals surface area contributed by atoms with Crippen molar-refractivity contribution in [1.29, 1.82) is 0 Å². The van der Waals surface area contributed by atoms with Gasteiger partial charge in [0.05, 0.1) is 6.54 Å². The Morgan fingerprint density at radius 3 is 2.54 bits per heavy atom. The smallest absolute Gasteiger partial charge is 0.274 e. The Hall–Kier alpha value is -4.63. The van der Waals surface area contributed by atoms with E-state index < -0.39 is 5.91 Å². The van der Waals surface area contributed by atoms with Crippen molar-refractivity contribution in [3.63, 3.8) is 0 Å². The molecule has 0 unspecified atom stereocenters. The first-order valence-corrected chi connectivity index (χ1v) is 10.8. The number of carbonyl (C=O) groups is 2. The molecule has 0 atom stereocenters. The van der Waals surface area contributed by atoms with Gasteiger partial charge in [-0.05, 0) is 42.5 Å². The highest BCUT2D eigenvalue weighted by Gasteiger charge is 2.12. The molecular formula is C26H23N3O6. The molecule has 0 aliphatic heterocycles. The molecule has 2 aromatic heterocycles. The van der Waals surface area contributed by atoms with E-state index in [4.69, 9.17) is 19.1 Å². The summed E-state index contributed by atoms with van der Waals surface area (Å²) >= 11 is 0. The number of hydroxylamine groups is 1. The lowest BCUT2D eigenvalue weighted by molar-refractivity contribution is -0.116. The number of hydrogen-bond acceptors (Lipinski definition) is 7. The van der Waals surface area contributed by atoms with Gasteiger partial charge >= 0.3 is 0 Å². The number of aromatic nitrogens is 1. The SMILES string of the molecule is O=C(/C=C(\COc1ccccn1)c1cc2ccccc2o1)NCCOc1ccc(C(=O)NO)cc1. The standard InChI is InChI=1S/C26H23N3O6/c30-24(27-13-14-33-21-10-8-18(9-11-21)26(31)29-32)16-20(17-34-25-7-3-4-12-28-25)23-15-19-5-1-2-6-22(19)35-23/h1-12,15-16,32H,13-14,17H2,(H,27,30)(H,29,31)/b20-16+. The summed E-state index contributed by atoms with van der Waals surface area (Å²) in [6.07, 6.45) is 3.06. The molecule has 2 amide bonds. The molecule has 0 spiro atoms. The number of benzene rings is 2. The quantitative estimate of drug-likeness (QED) is 0.139. The van der Waals surface area contributed by atoms with E-state index in [1.807, 2.05) is 36.4 Å². The van der Waals surface area contributed by atoms with E-state index in [0.29, 0.717) is 34.1 Å². The number of amides is 2. The summed E-state index contributed by atoms with van der Waals surface area (Å²) in [6.45, 7) is 0.562. The first-order chi connectivity index (χ1) is 17.1. The van der Waals surface area contributed by atoms with Crippen LogP contribution in [-0.4, -0.2) is 41.8 Å². The first-order valence-electron chi connectivity index (χ1n) is 10.8. The lowest BCUT2D eigenvalue weighted by Gasteiger charge is -2.09. The Morgan fingerprint density at radius 1 is 1.00 bits per heavy atom. The van der Waals surface area contributed by atoms with E-state index in [1.165, 1.54) is 18.2 Å². The van der Waals surface area contributed by atoms with Gasteiger partial charge in [0, 0.05) is 34.9 Å². The number of para-hydroxylation sites is 1. The number of nitrogens with one attached hydrogen (secondary N) is 2. The number of furan rings is 1. The molecule has 9 nitrogen and oxygen atoms in total. The number of nitrogens with zero attached hydrogens (tertiary/aromatic N) is 1. The van der Waals surface area contributed by atoms with Crippen LogP contribution in [0.4, 0.5) is 0 Å². The largest absolute Gasteiger partial charge is 0.492 e. The van der Waals surface area contributed by atoms with E-state index in [1.54, 1.807) is 35.9 Å². The normalized spacial score (nSPS) is 11.2. The minimum Gasteiger partial charge on any atom is -0.492 e. The van der Waals surface area contributed by atoms with Crippen molar-refractivity contribution in [2.45, 2.75) is 0 Å². The van der Waals surface area contributed by atoms with Crippen LogP contribution in [0.25, 0.3) is 16.5 Å². The third-order valence-electron chi connectivity index (χ3n) is 4.95. The van der Waals surface area contributed by atoms with E-state index >= 15 is 0 Å².